The van der Waals surface area contributed by atoms with Crippen molar-refractivity contribution in [3.05, 3.63) is 106 Å². The number of nitrogens with one attached hydrogen (secondary N) is 1. The first-order valence-corrected chi connectivity index (χ1v) is 13.8. The van der Waals surface area contributed by atoms with E-state index in [-0.39, 0.29) is 28.6 Å². The van der Waals surface area contributed by atoms with Crippen molar-refractivity contribution >= 4 is 23.5 Å². The van der Waals surface area contributed by atoms with Crippen LogP contribution in [0.5, 0.6) is 0 Å². The number of urea groups is 1. The summed E-state index contributed by atoms with van der Waals surface area (Å²) in [6, 6.07) is 24.2. The Bertz CT molecular complexity index is 1260. The van der Waals surface area contributed by atoms with Crippen LogP contribution in [-0.2, 0) is 6.54 Å². The van der Waals surface area contributed by atoms with Gasteiger partial charge in [-0.1, -0.05) is 78.3 Å². The summed E-state index contributed by atoms with van der Waals surface area (Å²) in [5.41, 5.74) is 2.13. The molecule has 0 saturated carbocycles. The molecule has 1 N–H and O–H groups in total. The molecule has 2 heterocycles. The predicted molar refractivity (Wildman–Crippen MR) is 151 cm³/mol. The van der Waals surface area contributed by atoms with E-state index in [2.05, 4.69) is 22.3 Å². The van der Waals surface area contributed by atoms with Gasteiger partial charge in [0.25, 0.3) is 5.91 Å². The molecule has 0 radical (unpaired) electrons. The highest BCUT2D eigenvalue weighted by Crippen LogP contribution is 2.33. The number of benzene rings is 3. The maximum atomic E-state index is 14.3. The van der Waals surface area contributed by atoms with Crippen LogP contribution in [0.4, 0.5) is 9.18 Å². The molecule has 2 saturated heterocycles. The van der Waals surface area contributed by atoms with Gasteiger partial charge in [0.15, 0.2) is 0 Å². The van der Waals surface area contributed by atoms with Gasteiger partial charge in [-0.05, 0) is 41.5 Å². The average Bonchev–Trinajstić information content (AvgIpc) is 3.51. The summed E-state index contributed by atoms with van der Waals surface area (Å²) >= 11 is 6.14. The highest BCUT2D eigenvalue weighted by molar-refractivity contribution is 6.33. The molecule has 0 bridgehead atoms. The molecule has 3 amide bonds. The molecule has 39 heavy (non-hydrogen) atoms. The van der Waals surface area contributed by atoms with Gasteiger partial charge in [-0.3, -0.25) is 4.79 Å². The number of carbonyl (C=O) groups is 2. The van der Waals surface area contributed by atoms with Crippen LogP contribution in [-0.4, -0.2) is 66.4 Å². The zero-order valence-electron chi connectivity index (χ0n) is 22.1. The fraction of sp³-hybridized carbons (Fsp3) is 0.355. The second kappa shape index (κ2) is 12.2. The minimum absolute atomic E-state index is 0.0327. The Hall–Kier alpha value is -3.42. The molecule has 204 valence electrons. The van der Waals surface area contributed by atoms with Crippen LogP contribution in [0.15, 0.2) is 78.9 Å². The lowest BCUT2D eigenvalue weighted by atomic mass is 10.0. The lowest BCUT2D eigenvalue weighted by molar-refractivity contribution is 0.0769. The average molecular weight is 549 g/mol. The van der Waals surface area contributed by atoms with E-state index < -0.39 is 5.82 Å². The molecule has 2 unspecified atom stereocenters. The zero-order chi connectivity index (χ0) is 27.4. The van der Waals surface area contributed by atoms with Gasteiger partial charge in [0.05, 0.1) is 16.6 Å². The highest BCUT2D eigenvalue weighted by Gasteiger charge is 2.42. The van der Waals surface area contributed by atoms with Crippen molar-refractivity contribution in [2.75, 3.05) is 39.8 Å². The summed E-state index contributed by atoms with van der Waals surface area (Å²) in [4.78, 5) is 31.9. The second-order valence-corrected chi connectivity index (χ2v) is 11.0. The first kappa shape index (κ1) is 27.2. The molecule has 5 rings (SSSR count). The molecule has 8 heteroatoms. The van der Waals surface area contributed by atoms with E-state index in [0.29, 0.717) is 31.5 Å². The number of likely N-dealkylation sites (tertiary alicyclic amines) is 2. The van der Waals surface area contributed by atoms with Crippen molar-refractivity contribution in [2.24, 2.45) is 11.8 Å². The normalized spacial score (nSPS) is 19.5. The van der Waals surface area contributed by atoms with Crippen LogP contribution in [0.3, 0.4) is 0 Å². The number of hydrogen-bond donors (Lipinski definition) is 1. The van der Waals surface area contributed by atoms with Crippen molar-refractivity contribution in [3.63, 3.8) is 0 Å². The summed E-state index contributed by atoms with van der Waals surface area (Å²) in [5, 5.41) is 3.39. The topological polar surface area (TPSA) is 55.9 Å². The largest absolute Gasteiger partial charge is 0.338 e. The molecular weight excluding hydrogens is 515 g/mol. The van der Waals surface area contributed by atoms with Crippen LogP contribution in [0.25, 0.3) is 0 Å². The molecule has 0 aliphatic carbocycles. The van der Waals surface area contributed by atoms with E-state index in [9.17, 15) is 14.0 Å². The Balaban J connectivity index is 1.16. The Kier molecular flexibility index (Phi) is 8.48. The fourth-order valence-corrected chi connectivity index (χ4v) is 6.05. The molecule has 3 aromatic carbocycles. The van der Waals surface area contributed by atoms with E-state index >= 15 is 0 Å². The summed E-state index contributed by atoms with van der Waals surface area (Å²) in [5.74, 6) is -0.206. The number of hydrogen-bond acceptors (Lipinski definition) is 3. The first-order valence-electron chi connectivity index (χ1n) is 13.4. The lowest BCUT2D eigenvalue weighted by Crippen LogP contribution is -2.40. The molecule has 6 nitrogen and oxygen atoms in total. The van der Waals surface area contributed by atoms with Crippen LogP contribution in [0.2, 0.25) is 5.02 Å². The maximum Gasteiger partial charge on any atom is 0.317 e. The van der Waals surface area contributed by atoms with Gasteiger partial charge in [-0.2, -0.15) is 0 Å². The Morgan fingerprint density at radius 1 is 0.949 bits per heavy atom. The number of amides is 3. The summed E-state index contributed by atoms with van der Waals surface area (Å²) in [7, 11) is 1.81. The third-order valence-corrected chi connectivity index (χ3v) is 8.18. The fourth-order valence-electron chi connectivity index (χ4n) is 5.81. The van der Waals surface area contributed by atoms with E-state index in [1.54, 1.807) is 15.9 Å². The van der Waals surface area contributed by atoms with Crippen molar-refractivity contribution in [3.8, 4) is 0 Å². The highest BCUT2D eigenvalue weighted by atomic mass is 35.5. The quantitative estimate of drug-likeness (QED) is 0.407. The molecule has 2 aliphatic heterocycles. The zero-order valence-corrected chi connectivity index (χ0v) is 22.9. The van der Waals surface area contributed by atoms with E-state index in [1.165, 1.54) is 12.1 Å². The minimum Gasteiger partial charge on any atom is -0.338 e. The minimum atomic E-state index is -0.574. The third kappa shape index (κ3) is 6.43. The number of fused-ring (bicyclic) bond motifs is 1. The lowest BCUT2D eigenvalue weighted by Gasteiger charge is -2.27. The molecule has 0 spiro atoms. The van der Waals surface area contributed by atoms with Crippen molar-refractivity contribution < 1.29 is 14.0 Å². The number of nitrogens with zero attached hydrogens (tertiary/aromatic N) is 3. The van der Waals surface area contributed by atoms with Crippen LogP contribution in [0, 0.1) is 17.7 Å². The maximum absolute atomic E-state index is 14.3. The Labute approximate surface area is 234 Å². The van der Waals surface area contributed by atoms with Crippen LogP contribution < -0.4 is 5.32 Å². The van der Waals surface area contributed by atoms with Gasteiger partial charge in [-0.25, -0.2) is 9.18 Å². The van der Waals surface area contributed by atoms with Gasteiger partial charge in [0.1, 0.15) is 5.82 Å². The third-order valence-electron chi connectivity index (χ3n) is 7.87. The van der Waals surface area contributed by atoms with Crippen LogP contribution in [0.1, 0.15) is 33.9 Å². The second-order valence-electron chi connectivity index (χ2n) is 10.6. The standard InChI is InChI=1S/C31H34ClFN4O2/c1-35(17-22-9-4-2-5-10-22)31(39)34-28(23-11-6-3-7-12-23)15-16-36-18-24-20-37(21-25(24)19-36)30(38)29-26(32)13-8-14-27(29)33/h2-14,24-25,28H,15-21H2,1H3,(H,34,39)/t24-,25?,28?/m0/s1. The molecule has 2 aliphatic rings. The Morgan fingerprint density at radius 2 is 1.59 bits per heavy atom. The molecular formula is C31H34ClFN4O2. The van der Waals surface area contributed by atoms with Gasteiger partial charge in [0, 0.05) is 46.3 Å². The van der Waals surface area contributed by atoms with Gasteiger partial charge >= 0.3 is 6.03 Å². The van der Waals surface area contributed by atoms with Gasteiger partial charge in [0.2, 0.25) is 0 Å². The number of carbonyl (C=O) groups excluding carboxylic acids is 2. The van der Waals surface area contributed by atoms with Crippen molar-refractivity contribution in [1.29, 1.82) is 0 Å². The summed E-state index contributed by atoms with van der Waals surface area (Å²) in [6.45, 7) is 4.34. The number of rotatable bonds is 8. The molecule has 3 atom stereocenters. The van der Waals surface area contributed by atoms with E-state index in [4.69, 9.17) is 11.6 Å². The summed E-state index contributed by atoms with van der Waals surface area (Å²) in [6.07, 6.45) is 0.780. The summed E-state index contributed by atoms with van der Waals surface area (Å²) < 4.78 is 14.3. The van der Waals surface area contributed by atoms with Gasteiger partial charge in [-0.15, -0.1) is 0 Å². The van der Waals surface area contributed by atoms with Gasteiger partial charge < -0.3 is 20.0 Å². The first-order chi connectivity index (χ1) is 18.9. The van der Waals surface area contributed by atoms with Crippen molar-refractivity contribution in [2.45, 2.75) is 19.0 Å². The van der Waals surface area contributed by atoms with E-state index in [1.807, 2.05) is 55.6 Å². The van der Waals surface area contributed by atoms with Crippen molar-refractivity contribution in [1.82, 2.24) is 20.0 Å². The van der Waals surface area contributed by atoms with Crippen LogP contribution >= 0.6 is 11.6 Å². The molecule has 3 aromatic rings. The smallest absolute Gasteiger partial charge is 0.317 e. The Morgan fingerprint density at radius 3 is 2.23 bits per heavy atom. The molecule has 0 aromatic heterocycles. The SMILES string of the molecule is CN(Cc1ccccc1)C(=O)NC(CCN1CC2CN(C(=O)c3c(F)cccc3Cl)C[C@@H]2C1)c1ccccc1. The molecule has 2 fully saturated rings. The number of halogens is 2. The van der Waals surface area contributed by atoms with E-state index in [0.717, 1.165) is 37.2 Å². The predicted octanol–water partition coefficient (Wildman–Crippen LogP) is 5.46. The monoisotopic (exact) mass is 548 g/mol.